The van der Waals surface area contributed by atoms with Gasteiger partial charge in [0.05, 0.1) is 17.9 Å². The van der Waals surface area contributed by atoms with E-state index in [1.54, 1.807) is 58.3 Å². The molecule has 4 rings (SSSR count). The fourth-order valence-corrected chi connectivity index (χ4v) is 5.55. The number of aliphatic hydroxyl groups is 1. The summed E-state index contributed by atoms with van der Waals surface area (Å²) >= 11 is 0. The summed E-state index contributed by atoms with van der Waals surface area (Å²) in [4.78, 5) is 71.9. The average Bonchev–Trinajstić information content (AvgIpc) is 3.56. The topological polar surface area (TPSA) is 171 Å². The van der Waals surface area contributed by atoms with Gasteiger partial charge in [-0.1, -0.05) is 18.2 Å². The fourth-order valence-electron chi connectivity index (χ4n) is 5.55. The van der Waals surface area contributed by atoms with Gasteiger partial charge >= 0.3 is 24.2 Å². The standard InChI is InChI=1S/C38H47N5O9/c1-22-16-25(4)39-30(22)19-29-28-12-10-11-13-31(28)43(33(29)45)36(48)41(8)14-15-42(9)37(49)50-20-27-17-23(2)32(24(3)18-27)51-34(46)26(5)40-35(47)52-38(6,7)21-44/h10-13,16-19,26,39,44H,14-15,20-21H2,1-9H3,(H,40,47)/b29-19-. The van der Waals surface area contributed by atoms with Gasteiger partial charge in [-0.25, -0.2) is 24.1 Å². The third kappa shape index (κ3) is 9.18. The number of anilines is 1. The van der Waals surface area contributed by atoms with Crippen molar-refractivity contribution in [3.05, 3.63) is 81.7 Å². The lowest BCUT2D eigenvalue weighted by atomic mass is 10.1. The van der Waals surface area contributed by atoms with Crippen molar-refractivity contribution >= 4 is 47.4 Å². The minimum atomic E-state index is -1.11. The molecule has 1 aliphatic rings. The Labute approximate surface area is 303 Å². The number of aryl methyl sites for hydroxylation is 4. The molecule has 1 aromatic heterocycles. The third-order valence-electron chi connectivity index (χ3n) is 8.47. The molecule has 2 heterocycles. The van der Waals surface area contributed by atoms with Gasteiger partial charge in [0.15, 0.2) is 0 Å². The Kier molecular flexibility index (Phi) is 12.2. The van der Waals surface area contributed by atoms with Crippen LogP contribution in [-0.4, -0.2) is 95.4 Å². The van der Waals surface area contributed by atoms with Crippen LogP contribution in [0.4, 0.5) is 20.1 Å². The number of benzene rings is 2. The lowest BCUT2D eigenvalue weighted by Gasteiger charge is -2.26. The van der Waals surface area contributed by atoms with Crippen molar-refractivity contribution in [1.29, 1.82) is 0 Å². The van der Waals surface area contributed by atoms with Crippen LogP contribution in [0.5, 0.6) is 5.75 Å². The number of ether oxygens (including phenoxy) is 3. The number of carbonyl (C=O) groups excluding carboxylic acids is 5. The molecular formula is C38H47N5O9. The Hall–Kier alpha value is -5.63. The number of aliphatic hydroxyl groups excluding tert-OH is 1. The fraction of sp³-hybridized carbons (Fsp3) is 0.395. The number of amides is 5. The number of urea groups is 1. The van der Waals surface area contributed by atoms with Crippen molar-refractivity contribution in [3.63, 3.8) is 0 Å². The van der Waals surface area contributed by atoms with E-state index < -0.39 is 41.7 Å². The minimum Gasteiger partial charge on any atom is -0.445 e. The summed E-state index contributed by atoms with van der Waals surface area (Å²) in [6.07, 6.45) is 0.280. The molecule has 52 heavy (non-hydrogen) atoms. The van der Waals surface area contributed by atoms with E-state index in [0.29, 0.717) is 39.3 Å². The maximum Gasteiger partial charge on any atom is 0.409 e. The summed E-state index contributed by atoms with van der Waals surface area (Å²) in [6, 6.07) is 11.0. The number of para-hydroxylation sites is 1. The molecule has 0 saturated heterocycles. The molecular weight excluding hydrogens is 670 g/mol. The number of likely N-dealkylation sites (N-methyl/N-ethyl adjacent to an activating group) is 2. The molecule has 14 heteroatoms. The van der Waals surface area contributed by atoms with Crippen LogP contribution >= 0.6 is 0 Å². The monoisotopic (exact) mass is 717 g/mol. The Morgan fingerprint density at radius 1 is 0.981 bits per heavy atom. The molecule has 0 aliphatic carbocycles. The Balaban J connectivity index is 1.31. The molecule has 5 amide bonds. The van der Waals surface area contributed by atoms with Gasteiger partial charge in [-0.05, 0) is 101 Å². The van der Waals surface area contributed by atoms with Gasteiger partial charge in [0, 0.05) is 44.1 Å². The average molecular weight is 718 g/mol. The van der Waals surface area contributed by atoms with E-state index in [2.05, 4.69) is 10.3 Å². The summed E-state index contributed by atoms with van der Waals surface area (Å²) in [5, 5.41) is 11.7. The number of hydrogen-bond acceptors (Lipinski definition) is 9. The van der Waals surface area contributed by atoms with Gasteiger partial charge in [-0.2, -0.15) is 0 Å². The van der Waals surface area contributed by atoms with Crippen molar-refractivity contribution in [1.82, 2.24) is 20.1 Å². The lowest BCUT2D eigenvalue weighted by Crippen LogP contribution is -2.45. The molecule has 3 N–H and O–H groups in total. The van der Waals surface area contributed by atoms with Crippen molar-refractivity contribution < 1.29 is 43.3 Å². The van der Waals surface area contributed by atoms with E-state index in [1.807, 2.05) is 32.0 Å². The van der Waals surface area contributed by atoms with Crippen LogP contribution < -0.4 is 15.0 Å². The van der Waals surface area contributed by atoms with E-state index in [0.717, 1.165) is 21.9 Å². The summed E-state index contributed by atoms with van der Waals surface area (Å²) < 4.78 is 16.2. The maximum absolute atomic E-state index is 13.6. The molecule has 1 aliphatic heterocycles. The van der Waals surface area contributed by atoms with Crippen LogP contribution in [-0.2, 0) is 25.7 Å². The number of carbonyl (C=O) groups is 5. The minimum absolute atomic E-state index is 0.0632. The van der Waals surface area contributed by atoms with Crippen LogP contribution in [0.1, 0.15) is 60.0 Å². The number of rotatable bonds is 11. The smallest absolute Gasteiger partial charge is 0.409 e. The molecule has 0 saturated carbocycles. The lowest BCUT2D eigenvalue weighted by molar-refractivity contribution is -0.136. The highest BCUT2D eigenvalue weighted by molar-refractivity contribution is 6.41. The van der Waals surface area contributed by atoms with Crippen LogP contribution in [0, 0.1) is 27.7 Å². The summed E-state index contributed by atoms with van der Waals surface area (Å²) in [5.41, 5.74) is 5.07. The number of esters is 1. The van der Waals surface area contributed by atoms with Gasteiger partial charge in [-0.3, -0.25) is 4.79 Å². The van der Waals surface area contributed by atoms with Gasteiger partial charge in [0.25, 0.3) is 5.91 Å². The summed E-state index contributed by atoms with van der Waals surface area (Å²) in [6.45, 7) is 11.7. The molecule has 0 radical (unpaired) electrons. The van der Waals surface area contributed by atoms with Gasteiger partial charge < -0.3 is 39.4 Å². The number of nitrogens with one attached hydrogen (secondary N) is 2. The number of hydrogen-bond donors (Lipinski definition) is 3. The second-order valence-electron chi connectivity index (χ2n) is 13.6. The first-order valence-electron chi connectivity index (χ1n) is 16.8. The van der Waals surface area contributed by atoms with Crippen molar-refractivity contribution in [2.24, 2.45) is 0 Å². The van der Waals surface area contributed by atoms with Crippen molar-refractivity contribution in [2.45, 2.75) is 66.7 Å². The number of alkyl carbamates (subject to hydrolysis) is 1. The normalized spacial score (nSPS) is 13.8. The van der Waals surface area contributed by atoms with E-state index in [9.17, 15) is 29.1 Å². The zero-order chi connectivity index (χ0) is 38.5. The van der Waals surface area contributed by atoms with E-state index >= 15 is 0 Å². The molecule has 1 unspecified atom stereocenters. The molecule has 0 fully saturated rings. The van der Waals surface area contributed by atoms with Gasteiger partial charge in [0.2, 0.25) is 0 Å². The number of imide groups is 1. The van der Waals surface area contributed by atoms with Crippen LogP contribution in [0.2, 0.25) is 0 Å². The number of H-pyrrole nitrogens is 1. The Bertz CT molecular complexity index is 1870. The highest BCUT2D eigenvalue weighted by Crippen LogP contribution is 2.38. The van der Waals surface area contributed by atoms with Crippen molar-refractivity contribution in [3.8, 4) is 5.75 Å². The van der Waals surface area contributed by atoms with Gasteiger partial charge in [-0.15, -0.1) is 0 Å². The zero-order valence-electron chi connectivity index (χ0n) is 31.1. The molecule has 0 spiro atoms. The molecule has 0 bridgehead atoms. The van der Waals surface area contributed by atoms with Crippen molar-refractivity contribution in [2.75, 3.05) is 38.7 Å². The first-order valence-corrected chi connectivity index (χ1v) is 16.8. The predicted octanol–water partition coefficient (Wildman–Crippen LogP) is 5.25. The maximum atomic E-state index is 13.6. The first-order chi connectivity index (χ1) is 24.4. The van der Waals surface area contributed by atoms with Crippen LogP contribution in [0.15, 0.2) is 42.5 Å². The summed E-state index contributed by atoms with van der Waals surface area (Å²) in [7, 11) is 3.12. The highest BCUT2D eigenvalue weighted by atomic mass is 16.6. The SMILES string of the molecule is Cc1cc(C)c(/C=C2\C(=O)N(C(=O)N(C)CCN(C)C(=O)OCc3cc(C)c(OC(=O)C(C)NC(=O)OC(C)(C)CO)c(C)c3)c3ccccc32)[nH]1. The zero-order valence-corrected chi connectivity index (χ0v) is 31.1. The second-order valence-corrected chi connectivity index (χ2v) is 13.6. The van der Waals surface area contributed by atoms with Crippen LogP contribution in [0.3, 0.4) is 0 Å². The largest absolute Gasteiger partial charge is 0.445 e. The Morgan fingerprint density at radius 2 is 1.62 bits per heavy atom. The predicted molar refractivity (Wildman–Crippen MR) is 195 cm³/mol. The molecule has 3 aromatic rings. The molecule has 278 valence electrons. The first kappa shape index (κ1) is 39.2. The van der Waals surface area contributed by atoms with E-state index in [4.69, 9.17) is 14.2 Å². The van der Waals surface area contributed by atoms with E-state index in [1.165, 1.54) is 30.6 Å². The number of fused-ring (bicyclic) bond motifs is 1. The highest BCUT2D eigenvalue weighted by Gasteiger charge is 2.38. The van der Waals surface area contributed by atoms with E-state index in [-0.39, 0.29) is 26.3 Å². The molecule has 14 nitrogen and oxygen atoms in total. The number of aromatic amines is 1. The number of nitrogens with zero attached hydrogens (tertiary/aromatic N) is 3. The summed E-state index contributed by atoms with van der Waals surface area (Å²) in [5.74, 6) is -0.844. The molecule has 1 atom stereocenters. The third-order valence-corrected chi connectivity index (χ3v) is 8.47. The van der Waals surface area contributed by atoms with Gasteiger partial charge in [0.1, 0.15) is 24.0 Å². The second kappa shape index (κ2) is 16.1. The quantitative estimate of drug-likeness (QED) is 0.136. The van der Waals surface area contributed by atoms with Crippen LogP contribution in [0.25, 0.3) is 11.6 Å². The Morgan fingerprint density at radius 3 is 2.23 bits per heavy atom. The number of aromatic nitrogens is 1. The molecule has 2 aromatic carbocycles.